The molecular formula is C16H16O4S. The summed E-state index contributed by atoms with van der Waals surface area (Å²) in [7, 11) is -1.87. The van der Waals surface area contributed by atoms with Gasteiger partial charge in [-0.15, -0.1) is 0 Å². The molecule has 2 aromatic rings. The molecule has 0 bridgehead atoms. The van der Waals surface area contributed by atoms with Gasteiger partial charge in [0.15, 0.2) is 15.6 Å². The average Bonchev–Trinajstić information content (AvgIpc) is 2.48. The van der Waals surface area contributed by atoms with Crippen molar-refractivity contribution in [3.8, 4) is 5.75 Å². The standard InChI is InChI=1S/C16H16O4S/c1-12(17)14-5-9-16(10-6-14)21(18,19)11-13-3-7-15(20-2)8-4-13/h3-10H,11H2,1-2H3. The van der Waals surface area contributed by atoms with Gasteiger partial charge in [-0.25, -0.2) is 8.42 Å². The van der Waals surface area contributed by atoms with Crippen LogP contribution in [0.15, 0.2) is 53.4 Å². The number of rotatable bonds is 5. The fraction of sp³-hybridized carbons (Fsp3) is 0.188. The second kappa shape index (κ2) is 6.10. The van der Waals surface area contributed by atoms with E-state index in [-0.39, 0.29) is 16.4 Å². The third-order valence-corrected chi connectivity index (χ3v) is 4.84. The molecule has 4 nitrogen and oxygen atoms in total. The van der Waals surface area contributed by atoms with Crippen LogP contribution in [0, 0.1) is 0 Å². The summed E-state index contributed by atoms with van der Waals surface area (Å²) in [5.74, 6) is 0.507. The Labute approximate surface area is 124 Å². The minimum atomic E-state index is -3.43. The van der Waals surface area contributed by atoms with Gasteiger partial charge in [0.2, 0.25) is 0 Å². The van der Waals surface area contributed by atoms with Crippen LogP contribution in [0.4, 0.5) is 0 Å². The number of hydrogen-bond acceptors (Lipinski definition) is 4. The van der Waals surface area contributed by atoms with Crippen LogP contribution in [-0.2, 0) is 15.6 Å². The summed E-state index contributed by atoms with van der Waals surface area (Å²) in [6, 6.07) is 12.9. The molecule has 0 unspecified atom stereocenters. The third-order valence-electron chi connectivity index (χ3n) is 3.14. The highest BCUT2D eigenvalue weighted by Gasteiger charge is 2.15. The number of benzene rings is 2. The number of ether oxygens (including phenoxy) is 1. The van der Waals surface area contributed by atoms with Gasteiger partial charge < -0.3 is 4.74 Å². The number of ketones is 1. The predicted octanol–water partition coefficient (Wildman–Crippen LogP) is 2.87. The molecule has 0 atom stereocenters. The highest BCUT2D eigenvalue weighted by Crippen LogP contribution is 2.19. The molecule has 0 aliphatic heterocycles. The molecule has 0 aliphatic rings. The average molecular weight is 304 g/mol. The van der Waals surface area contributed by atoms with Crippen molar-refractivity contribution < 1.29 is 17.9 Å². The second-order valence-electron chi connectivity index (χ2n) is 4.69. The largest absolute Gasteiger partial charge is 0.497 e. The van der Waals surface area contributed by atoms with E-state index in [4.69, 9.17) is 4.74 Å². The summed E-state index contributed by atoms with van der Waals surface area (Å²) in [6.45, 7) is 1.45. The number of hydrogen-bond donors (Lipinski definition) is 0. The predicted molar refractivity (Wildman–Crippen MR) is 80.3 cm³/mol. The van der Waals surface area contributed by atoms with E-state index in [1.807, 2.05) is 0 Å². The van der Waals surface area contributed by atoms with Gasteiger partial charge in [0.1, 0.15) is 5.75 Å². The maximum Gasteiger partial charge on any atom is 0.182 e. The van der Waals surface area contributed by atoms with Crippen molar-refractivity contribution in [1.82, 2.24) is 0 Å². The Balaban J connectivity index is 2.22. The van der Waals surface area contributed by atoms with Crippen molar-refractivity contribution in [3.63, 3.8) is 0 Å². The molecule has 2 aromatic carbocycles. The number of Topliss-reactive ketones (excluding diaryl/α,β-unsaturated/α-hetero) is 1. The first-order valence-corrected chi connectivity index (χ1v) is 8.04. The number of carbonyl (C=O) groups is 1. The summed E-state index contributed by atoms with van der Waals surface area (Å²) in [6.07, 6.45) is 0. The van der Waals surface area contributed by atoms with Gasteiger partial charge in [-0.05, 0) is 36.8 Å². The monoisotopic (exact) mass is 304 g/mol. The van der Waals surface area contributed by atoms with E-state index in [9.17, 15) is 13.2 Å². The molecule has 0 fully saturated rings. The van der Waals surface area contributed by atoms with E-state index >= 15 is 0 Å². The summed E-state index contributed by atoms with van der Waals surface area (Å²) >= 11 is 0. The van der Waals surface area contributed by atoms with E-state index in [2.05, 4.69) is 0 Å². The Hall–Kier alpha value is -2.14. The number of methoxy groups -OCH3 is 1. The smallest absolute Gasteiger partial charge is 0.182 e. The van der Waals surface area contributed by atoms with Gasteiger partial charge in [-0.1, -0.05) is 24.3 Å². The molecule has 0 amide bonds. The molecule has 0 saturated carbocycles. The fourth-order valence-electron chi connectivity index (χ4n) is 1.92. The Morgan fingerprint density at radius 2 is 1.57 bits per heavy atom. The summed E-state index contributed by atoms with van der Waals surface area (Å²) in [5, 5.41) is 0. The Bertz CT molecular complexity index is 729. The quantitative estimate of drug-likeness (QED) is 0.797. The van der Waals surface area contributed by atoms with E-state index in [1.54, 1.807) is 31.4 Å². The lowest BCUT2D eigenvalue weighted by atomic mass is 10.2. The van der Waals surface area contributed by atoms with E-state index in [0.717, 1.165) is 0 Å². The first-order chi connectivity index (χ1) is 9.92. The van der Waals surface area contributed by atoms with E-state index < -0.39 is 9.84 Å². The van der Waals surface area contributed by atoms with Gasteiger partial charge in [-0.2, -0.15) is 0 Å². The van der Waals surface area contributed by atoms with Crippen molar-refractivity contribution in [2.45, 2.75) is 17.6 Å². The molecule has 0 heterocycles. The van der Waals surface area contributed by atoms with Gasteiger partial charge in [0, 0.05) is 5.56 Å². The highest BCUT2D eigenvalue weighted by atomic mass is 32.2. The molecule has 21 heavy (non-hydrogen) atoms. The molecule has 2 rings (SSSR count). The Morgan fingerprint density at radius 1 is 1.00 bits per heavy atom. The van der Waals surface area contributed by atoms with Crippen molar-refractivity contribution in [3.05, 3.63) is 59.7 Å². The van der Waals surface area contributed by atoms with Crippen molar-refractivity contribution in [2.24, 2.45) is 0 Å². The molecule has 0 aromatic heterocycles. The first-order valence-electron chi connectivity index (χ1n) is 6.39. The molecule has 110 valence electrons. The SMILES string of the molecule is COc1ccc(CS(=O)(=O)c2ccc(C(C)=O)cc2)cc1. The summed E-state index contributed by atoms with van der Waals surface area (Å²) < 4.78 is 29.7. The van der Waals surface area contributed by atoms with Gasteiger partial charge in [0.05, 0.1) is 17.8 Å². The van der Waals surface area contributed by atoms with Crippen LogP contribution in [0.3, 0.4) is 0 Å². The summed E-state index contributed by atoms with van der Waals surface area (Å²) in [4.78, 5) is 11.4. The Kier molecular flexibility index (Phi) is 4.43. The minimum Gasteiger partial charge on any atom is -0.497 e. The molecule has 5 heteroatoms. The minimum absolute atomic E-state index is 0.0869. The van der Waals surface area contributed by atoms with Crippen LogP contribution in [-0.4, -0.2) is 21.3 Å². The zero-order valence-corrected chi connectivity index (χ0v) is 12.7. The maximum absolute atomic E-state index is 12.3. The molecule has 0 N–H and O–H groups in total. The van der Waals surface area contributed by atoms with E-state index in [0.29, 0.717) is 16.9 Å². The zero-order valence-electron chi connectivity index (χ0n) is 11.9. The molecule has 0 saturated heterocycles. The van der Waals surface area contributed by atoms with E-state index in [1.165, 1.54) is 31.2 Å². The zero-order chi connectivity index (χ0) is 15.5. The lowest BCUT2D eigenvalue weighted by Crippen LogP contribution is -2.05. The van der Waals surface area contributed by atoms with Gasteiger partial charge in [0.25, 0.3) is 0 Å². The maximum atomic E-state index is 12.3. The van der Waals surface area contributed by atoms with Crippen LogP contribution < -0.4 is 4.74 Å². The number of sulfone groups is 1. The Morgan fingerprint density at radius 3 is 2.05 bits per heavy atom. The number of carbonyl (C=O) groups excluding carboxylic acids is 1. The second-order valence-corrected chi connectivity index (χ2v) is 6.68. The fourth-order valence-corrected chi connectivity index (χ4v) is 3.27. The highest BCUT2D eigenvalue weighted by molar-refractivity contribution is 7.90. The van der Waals surface area contributed by atoms with Crippen molar-refractivity contribution in [1.29, 1.82) is 0 Å². The van der Waals surface area contributed by atoms with Crippen LogP contribution in [0.1, 0.15) is 22.8 Å². The molecule has 0 spiro atoms. The van der Waals surface area contributed by atoms with Gasteiger partial charge in [-0.3, -0.25) is 4.79 Å². The van der Waals surface area contributed by atoms with Crippen LogP contribution in [0.5, 0.6) is 5.75 Å². The molecule has 0 radical (unpaired) electrons. The summed E-state index contributed by atoms with van der Waals surface area (Å²) in [5.41, 5.74) is 1.19. The third kappa shape index (κ3) is 3.70. The lowest BCUT2D eigenvalue weighted by molar-refractivity contribution is 0.101. The molecule has 0 aliphatic carbocycles. The van der Waals surface area contributed by atoms with Crippen LogP contribution in [0.2, 0.25) is 0 Å². The first kappa shape index (κ1) is 15.3. The van der Waals surface area contributed by atoms with Crippen LogP contribution in [0.25, 0.3) is 0 Å². The van der Waals surface area contributed by atoms with Crippen molar-refractivity contribution in [2.75, 3.05) is 7.11 Å². The normalized spacial score (nSPS) is 11.1. The van der Waals surface area contributed by atoms with Gasteiger partial charge >= 0.3 is 0 Å². The van der Waals surface area contributed by atoms with Crippen molar-refractivity contribution >= 4 is 15.6 Å². The topological polar surface area (TPSA) is 60.4 Å². The lowest BCUT2D eigenvalue weighted by Gasteiger charge is -2.06. The van der Waals surface area contributed by atoms with Crippen LogP contribution >= 0.6 is 0 Å². The molecular weight excluding hydrogens is 288 g/mol.